The van der Waals surface area contributed by atoms with Gasteiger partial charge in [-0.1, -0.05) is 29.3 Å². The molecule has 2 fully saturated rings. The molecule has 0 aliphatic carbocycles. The summed E-state index contributed by atoms with van der Waals surface area (Å²) in [5, 5.41) is 3.46. The maximum Gasteiger partial charge on any atom is 0.307 e. The largest absolute Gasteiger partial charge is 0.458 e. The summed E-state index contributed by atoms with van der Waals surface area (Å²) < 4.78 is 11.3. The zero-order valence-electron chi connectivity index (χ0n) is 13.5. The van der Waals surface area contributed by atoms with Crippen molar-refractivity contribution in [1.82, 2.24) is 0 Å². The van der Waals surface area contributed by atoms with E-state index < -0.39 is 17.1 Å². The molecule has 0 aromatic heterocycles. The number of hydrogen-bond acceptors (Lipinski definition) is 4. The molecule has 24 heavy (non-hydrogen) atoms. The molecular weight excluding hydrogens is 353 g/mol. The summed E-state index contributed by atoms with van der Waals surface area (Å²) in [5.74, 6) is -1.27. The molecular formula is C17H19Cl2NO4. The Kier molecular flexibility index (Phi) is 4.53. The molecule has 0 radical (unpaired) electrons. The summed E-state index contributed by atoms with van der Waals surface area (Å²) >= 11 is 12.2. The predicted molar refractivity (Wildman–Crippen MR) is 91.3 cm³/mol. The summed E-state index contributed by atoms with van der Waals surface area (Å²) in [5.41, 5.74) is -0.938. The Morgan fingerprint density at radius 2 is 1.96 bits per heavy atom. The molecule has 2 heterocycles. The average Bonchev–Trinajstić information content (AvgIpc) is 2.77. The Bertz CT molecular complexity index is 671. The van der Waals surface area contributed by atoms with E-state index in [4.69, 9.17) is 32.7 Å². The second-order valence-corrected chi connectivity index (χ2v) is 7.73. The Labute approximate surface area is 150 Å². The molecule has 0 saturated carbocycles. The van der Waals surface area contributed by atoms with Crippen molar-refractivity contribution in [2.24, 2.45) is 5.92 Å². The number of esters is 1. The van der Waals surface area contributed by atoms with E-state index in [1.165, 1.54) is 0 Å². The standard InChI is InChI=1S/C17H19Cl2NO4/c1-16(2)9-17(6-7-23-16)10(8-13(21)24-17)15(22)20-14-11(18)4-3-5-12(14)19/h3-5,10H,6-9H2,1-2H3,(H,20,22)/t10-,17-/m1/s1. The van der Waals surface area contributed by atoms with Crippen molar-refractivity contribution in [1.29, 1.82) is 0 Å². The van der Waals surface area contributed by atoms with Crippen molar-refractivity contribution < 1.29 is 19.1 Å². The van der Waals surface area contributed by atoms with Gasteiger partial charge in [0.1, 0.15) is 5.60 Å². The van der Waals surface area contributed by atoms with Crippen LogP contribution < -0.4 is 5.32 Å². The van der Waals surface area contributed by atoms with Gasteiger partial charge in [0.05, 0.1) is 40.3 Å². The van der Waals surface area contributed by atoms with Crippen molar-refractivity contribution >= 4 is 40.8 Å². The number of carbonyl (C=O) groups is 2. The number of ether oxygens (including phenoxy) is 2. The smallest absolute Gasteiger partial charge is 0.307 e. The number of carbonyl (C=O) groups excluding carboxylic acids is 2. The van der Waals surface area contributed by atoms with Crippen molar-refractivity contribution in [2.75, 3.05) is 11.9 Å². The molecule has 2 saturated heterocycles. The summed E-state index contributed by atoms with van der Waals surface area (Å²) in [4.78, 5) is 24.8. The van der Waals surface area contributed by atoms with Crippen molar-refractivity contribution in [2.45, 2.75) is 44.3 Å². The highest BCUT2D eigenvalue weighted by Crippen LogP contribution is 2.46. The van der Waals surface area contributed by atoms with Crippen LogP contribution in [0.5, 0.6) is 0 Å². The summed E-state index contributed by atoms with van der Waals surface area (Å²) in [7, 11) is 0. The van der Waals surface area contributed by atoms with Gasteiger partial charge in [-0.3, -0.25) is 9.59 Å². The lowest BCUT2D eigenvalue weighted by Gasteiger charge is -2.43. The van der Waals surface area contributed by atoms with Gasteiger partial charge in [-0.2, -0.15) is 0 Å². The van der Waals surface area contributed by atoms with Crippen molar-refractivity contribution in [3.05, 3.63) is 28.2 Å². The third-order valence-electron chi connectivity index (χ3n) is 4.59. The molecule has 1 N–H and O–H groups in total. The van der Waals surface area contributed by atoms with Crippen LogP contribution in [0.3, 0.4) is 0 Å². The van der Waals surface area contributed by atoms with Gasteiger partial charge in [-0.15, -0.1) is 0 Å². The number of para-hydroxylation sites is 1. The minimum atomic E-state index is -0.837. The molecule has 2 atom stereocenters. The first-order valence-electron chi connectivity index (χ1n) is 7.83. The van der Waals surface area contributed by atoms with Crippen LogP contribution in [-0.2, 0) is 19.1 Å². The quantitative estimate of drug-likeness (QED) is 0.802. The Hall–Kier alpha value is -1.30. The maximum atomic E-state index is 12.8. The fourth-order valence-electron chi connectivity index (χ4n) is 3.60. The van der Waals surface area contributed by atoms with Crippen LogP contribution in [0.2, 0.25) is 10.0 Å². The van der Waals surface area contributed by atoms with Gasteiger partial charge < -0.3 is 14.8 Å². The molecule has 0 bridgehead atoms. The highest BCUT2D eigenvalue weighted by atomic mass is 35.5. The van der Waals surface area contributed by atoms with Gasteiger partial charge in [0, 0.05) is 12.8 Å². The van der Waals surface area contributed by atoms with Crippen LogP contribution in [0, 0.1) is 5.92 Å². The van der Waals surface area contributed by atoms with Crippen molar-refractivity contribution in [3.8, 4) is 0 Å². The topological polar surface area (TPSA) is 64.6 Å². The molecule has 1 amide bonds. The Balaban J connectivity index is 1.86. The minimum absolute atomic E-state index is 0.0456. The lowest BCUT2D eigenvalue weighted by molar-refractivity contribution is -0.178. The number of rotatable bonds is 2. The first-order valence-corrected chi connectivity index (χ1v) is 8.59. The molecule has 2 aliphatic rings. The molecule has 1 aromatic rings. The monoisotopic (exact) mass is 371 g/mol. The molecule has 0 unspecified atom stereocenters. The first kappa shape index (κ1) is 17.5. The number of amides is 1. The first-order chi connectivity index (χ1) is 11.2. The molecule has 1 aromatic carbocycles. The van der Waals surface area contributed by atoms with Gasteiger partial charge in [-0.05, 0) is 26.0 Å². The van der Waals surface area contributed by atoms with E-state index in [2.05, 4.69) is 5.32 Å². The van der Waals surface area contributed by atoms with Gasteiger partial charge in [-0.25, -0.2) is 0 Å². The highest BCUT2D eigenvalue weighted by molar-refractivity contribution is 6.39. The predicted octanol–water partition coefficient (Wildman–Crippen LogP) is 3.82. The number of halogens is 2. The number of benzene rings is 1. The summed E-state index contributed by atoms with van der Waals surface area (Å²) in [6.07, 6.45) is 1.01. The van der Waals surface area contributed by atoms with Crippen LogP contribution in [0.15, 0.2) is 18.2 Å². The fraction of sp³-hybridized carbons (Fsp3) is 0.529. The highest BCUT2D eigenvalue weighted by Gasteiger charge is 2.56. The van der Waals surface area contributed by atoms with Crippen LogP contribution in [0.25, 0.3) is 0 Å². The third kappa shape index (κ3) is 3.25. The Morgan fingerprint density at radius 3 is 2.58 bits per heavy atom. The zero-order valence-corrected chi connectivity index (χ0v) is 15.0. The second-order valence-electron chi connectivity index (χ2n) is 6.92. The van der Waals surface area contributed by atoms with Crippen LogP contribution in [0.1, 0.15) is 33.1 Å². The zero-order chi connectivity index (χ0) is 17.5. The van der Waals surface area contributed by atoms with Crippen molar-refractivity contribution in [3.63, 3.8) is 0 Å². The van der Waals surface area contributed by atoms with Gasteiger partial charge >= 0.3 is 5.97 Å². The number of anilines is 1. The van der Waals surface area contributed by atoms with Gasteiger partial charge in [0.2, 0.25) is 5.91 Å². The molecule has 3 rings (SSSR count). The van der Waals surface area contributed by atoms with E-state index in [1.54, 1.807) is 18.2 Å². The minimum Gasteiger partial charge on any atom is -0.458 e. The summed E-state index contributed by atoms with van der Waals surface area (Å²) in [6, 6.07) is 4.99. The number of hydrogen-bond donors (Lipinski definition) is 1. The van der Waals surface area contributed by atoms with Crippen LogP contribution in [-0.4, -0.2) is 29.7 Å². The lowest BCUT2D eigenvalue weighted by atomic mass is 9.75. The van der Waals surface area contributed by atoms with Gasteiger partial charge in [0.15, 0.2) is 0 Å². The molecule has 130 valence electrons. The number of nitrogens with one attached hydrogen (secondary N) is 1. The van der Waals surface area contributed by atoms with Crippen LogP contribution >= 0.6 is 23.2 Å². The van der Waals surface area contributed by atoms with Gasteiger partial charge in [0.25, 0.3) is 0 Å². The third-order valence-corrected chi connectivity index (χ3v) is 5.22. The summed E-state index contributed by atoms with van der Waals surface area (Å²) in [6.45, 7) is 4.30. The average molecular weight is 372 g/mol. The second kappa shape index (κ2) is 6.21. The molecule has 5 nitrogen and oxygen atoms in total. The van der Waals surface area contributed by atoms with E-state index in [9.17, 15) is 9.59 Å². The molecule has 2 aliphatic heterocycles. The SMILES string of the molecule is CC1(C)C[C@@]2(CCO1)OC(=O)C[C@@H]2C(=O)Nc1c(Cl)cccc1Cl. The Morgan fingerprint density at radius 1 is 1.29 bits per heavy atom. The molecule has 1 spiro atoms. The lowest BCUT2D eigenvalue weighted by Crippen LogP contribution is -2.52. The van der Waals surface area contributed by atoms with E-state index >= 15 is 0 Å². The van der Waals surface area contributed by atoms with Crippen LogP contribution in [0.4, 0.5) is 5.69 Å². The van der Waals surface area contributed by atoms with E-state index in [1.807, 2.05) is 13.8 Å². The van der Waals surface area contributed by atoms with E-state index in [0.29, 0.717) is 35.2 Å². The fourth-order valence-corrected chi connectivity index (χ4v) is 4.09. The maximum absolute atomic E-state index is 12.8. The van der Waals surface area contributed by atoms with E-state index in [-0.39, 0.29) is 18.3 Å². The normalized spacial score (nSPS) is 28.7. The molecule has 7 heteroatoms. The van der Waals surface area contributed by atoms with E-state index in [0.717, 1.165) is 0 Å².